The zero-order valence-electron chi connectivity index (χ0n) is 18.9. The van der Waals surface area contributed by atoms with Gasteiger partial charge in [0.05, 0.1) is 12.7 Å². The second-order valence-corrected chi connectivity index (χ2v) is 8.99. The smallest absolute Gasteiger partial charge is 0.337 e. The number of carbonyl (C=O) groups is 1. The van der Waals surface area contributed by atoms with E-state index in [9.17, 15) is 4.79 Å². The number of rotatable bonds is 1. The van der Waals surface area contributed by atoms with Gasteiger partial charge < -0.3 is 4.74 Å². The fraction of sp³-hybridized carbons (Fsp3) is 0.0312. The highest BCUT2D eigenvalue weighted by molar-refractivity contribution is 6.35. The molecule has 0 saturated heterocycles. The average molecular weight is 455 g/mol. The maximum atomic E-state index is 15.3. The van der Waals surface area contributed by atoms with Gasteiger partial charge in [-0.2, -0.15) is 0 Å². The fourth-order valence-corrected chi connectivity index (χ4v) is 5.57. The van der Waals surface area contributed by atoms with Crippen molar-refractivity contribution in [3.05, 3.63) is 108 Å². The summed E-state index contributed by atoms with van der Waals surface area (Å²) in [5.74, 6) is -0.594. The molecule has 0 atom stereocenters. The van der Waals surface area contributed by atoms with Crippen molar-refractivity contribution < 1.29 is 13.9 Å². The Morgan fingerprint density at radius 2 is 1.03 bits per heavy atom. The van der Waals surface area contributed by atoms with Gasteiger partial charge in [-0.15, -0.1) is 0 Å². The molecule has 0 bridgehead atoms. The molecule has 0 N–H and O–H groups in total. The van der Waals surface area contributed by atoms with Crippen molar-refractivity contribution in [2.75, 3.05) is 7.11 Å². The Bertz CT molecular complexity index is 2000. The minimum atomic E-state index is -0.368. The fourth-order valence-electron chi connectivity index (χ4n) is 5.57. The SMILES string of the molecule is COC(=O)c1ccc2ccc3ccc4ccc5ccc6ccc7cccc(F)c7c6c5c4c3c2c1. The number of benzene rings is 7. The molecule has 166 valence electrons. The number of ether oxygens (including phenoxy) is 1. The molecule has 2 nitrogen and oxygen atoms in total. The van der Waals surface area contributed by atoms with E-state index in [4.69, 9.17) is 4.74 Å². The first-order valence-electron chi connectivity index (χ1n) is 11.5. The Balaban J connectivity index is 1.82. The molecular weight excluding hydrogens is 435 g/mol. The normalized spacial score (nSPS) is 11.8. The van der Waals surface area contributed by atoms with Crippen molar-refractivity contribution in [3.63, 3.8) is 0 Å². The van der Waals surface area contributed by atoms with E-state index in [0.29, 0.717) is 10.9 Å². The molecular formula is C32H19FO2. The largest absolute Gasteiger partial charge is 0.465 e. The Labute approximate surface area is 200 Å². The number of halogens is 1. The Morgan fingerprint density at radius 1 is 0.571 bits per heavy atom. The number of fused-ring (bicyclic) bond motifs is 11. The highest BCUT2D eigenvalue weighted by atomic mass is 19.1. The number of hydrogen-bond acceptors (Lipinski definition) is 2. The van der Waals surface area contributed by atoms with Crippen LogP contribution in [0.25, 0.3) is 64.6 Å². The summed E-state index contributed by atoms with van der Waals surface area (Å²) < 4.78 is 20.3. The Hall–Kier alpha value is -4.50. The van der Waals surface area contributed by atoms with Gasteiger partial charge in [0.2, 0.25) is 0 Å². The monoisotopic (exact) mass is 454 g/mol. The third kappa shape index (κ3) is 2.79. The molecule has 0 amide bonds. The van der Waals surface area contributed by atoms with Crippen LogP contribution < -0.4 is 0 Å². The van der Waals surface area contributed by atoms with Crippen LogP contribution in [0.4, 0.5) is 4.39 Å². The summed E-state index contributed by atoms with van der Waals surface area (Å²) in [6.07, 6.45) is 0. The second kappa shape index (κ2) is 7.25. The molecule has 3 heteroatoms. The van der Waals surface area contributed by atoms with Crippen LogP contribution in [0.1, 0.15) is 10.4 Å². The lowest BCUT2D eigenvalue weighted by Crippen LogP contribution is -2.00. The first-order chi connectivity index (χ1) is 17.1. The molecule has 7 aromatic carbocycles. The van der Waals surface area contributed by atoms with Crippen molar-refractivity contribution in [2.45, 2.75) is 0 Å². The highest BCUT2D eigenvalue weighted by Crippen LogP contribution is 2.42. The van der Waals surface area contributed by atoms with E-state index in [1.54, 1.807) is 12.1 Å². The summed E-state index contributed by atoms with van der Waals surface area (Å²) in [5, 5.41) is 11.8. The van der Waals surface area contributed by atoms with Crippen molar-refractivity contribution in [1.82, 2.24) is 0 Å². The molecule has 7 aromatic rings. The first kappa shape index (κ1) is 19.9. The maximum Gasteiger partial charge on any atom is 0.337 e. The summed E-state index contributed by atoms with van der Waals surface area (Å²) in [7, 11) is 1.39. The van der Waals surface area contributed by atoms with Gasteiger partial charge in [0.15, 0.2) is 0 Å². The molecule has 0 aliphatic heterocycles. The number of hydrogen-bond donors (Lipinski definition) is 0. The van der Waals surface area contributed by atoms with E-state index in [1.807, 2.05) is 24.3 Å². The van der Waals surface area contributed by atoms with Crippen LogP contribution in [0, 0.1) is 5.82 Å². The summed E-state index contributed by atoms with van der Waals surface area (Å²) in [6.45, 7) is 0. The lowest BCUT2D eigenvalue weighted by molar-refractivity contribution is 0.0601. The third-order valence-electron chi connectivity index (χ3n) is 7.16. The van der Waals surface area contributed by atoms with Crippen LogP contribution in [0.2, 0.25) is 0 Å². The van der Waals surface area contributed by atoms with E-state index >= 15 is 4.39 Å². The first-order valence-corrected chi connectivity index (χ1v) is 11.5. The second-order valence-electron chi connectivity index (χ2n) is 8.99. The third-order valence-corrected chi connectivity index (χ3v) is 7.16. The van der Waals surface area contributed by atoms with E-state index in [1.165, 1.54) is 13.2 Å². The van der Waals surface area contributed by atoms with Gasteiger partial charge in [-0.25, -0.2) is 9.18 Å². The molecule has 35 heavy (non-hydrogen) atoms. The van der Waals surface area contributed by atoms with E-state index in [0.717, 1.165) is 59.2 Å². The Morgan fingerprint density at radius 3 is 1.63 bits per heavy atom. The summed E-state index contributed by atoms with van der Waals surface area (Å²) in [5.41, 5.74) is 0.506. The molecule has 0 spiro atoms. The zero-order chi connectivity index (χ0) is 23.7. The predicted octanol–water partition coefficient (Wildman–Crippen LogP) is 8.53. The molecule has 0 aliphatic carbocycles. The summed E-state index contributed by atoms with van der Waals surface area (Å²) in [4.78, 5) is 12.4. The van der Waals surface area contributed by atoms with Gasteiger partial charge in [-0.1, -0.05) is 78.9 Å². The molecule has 7 rings (SSSR count). The van der Waals surface area contributed by atoms with Crippen molar-refractivity contribution in [1.29, 1.82) is 0 Å². The molecule has 0 fully saturated rings. The highest BCUT2D eigenvalue weighted by Gasteiger charge is 2.16. The van der Waals surface area contributed by atoms with Gasteiger partial charge in [0.1, 0.15) is 5.82 Å². The van der Waals surface area contributed by atoms with Gasteiger partial charge in [0, 0.05) is 10.8 Å². The topological polar surface area (TPSA) is 26.3 Å². The standard InChI is InChI=1S/C32H19FO2/c1-35-32(34)24-16-6-18-5-7-20-9-11-21-12-14-23-15-13-22-10-8-19-3-2-4-26(33)28(19)30(22)31(23)29(21)27(20)25(18)17-24/h2-17H,1H3. The van der Waals surface area contributed by atoms with Crippen LogP contribution in [0.3, 0.4) is 0 Å². The minimum Gasteiger partial charge on any atom is -0.465 e. The van der Waals surface area contributed by atoms with Gasteiger partial charge in [0.25, 0.3) is 0 Å². The summed E-state index contributed by atoms with van der Waals surface area (Å²) in [6, 6.07) is 31.7. The van der Waals surface area contributed by atoms with E-state index < -0.39 is 0 Å². The van der Waals surface area contributed by atoms with Crippen molar-refractivity contribution >= 4 is 70.6 Å². The predicted molar refractivity (Wildman–Crippen MR) is 143 cm³/mol. The van der Waals surface area contributed by atoms with E-state index in [2.05, 4.69) is 54.6 Å². The molecule has 0 aromatic heterocycles. The zero-order valence-corrected chi connectivity index (χ0v) is 18.9. The number of esters is 1. The molecule has 0 aliphatic rings. The van der Waals surface area contributed by atoms with Crippen LogP contribution in [0.15, 0.2) is 97.1 Å². The van der Waals surface area contributed by atoms with Crippen LogP contribution >= 0.6 is 0 Å². The van der Waals surface area contributed by atoms with Crippen LogP contribution in [-0.4, -0.2) is 13.1 Å². The molecule has 0 heterocycles. The van der Waals surface area contributed by atoms with Gasteiger partial charge >= 0.3 is 5.97 Å². The minimum absolute atomic E-state index is 0.226. The quantitative estimate of drug-likeness (QED) is 0.183. The lowest BCUT2D eigenvalue weighted by atomic mass is 9.89. The Kier molecular flexibility index (Phi) is 4.13. The average Bonchev–Trinajstić information content (AvgIpc) is 2.91. The molecule has 0 radical (unpaired) electrons. The van der Waals surface area contributed by atoms with Crippen molar-refractivity contribution in [2.24, 2.45) is 0 Å². The van der Waals surface area contributed by atoms with Crippen molar-refractivity contribution in [3.8, 4) is 0 Å². The molecule has 0 saturated carbocycles. The van der Waals surface area contributed by atoms with Gasteiger partial charge in [-0.3, -0.25) is 0 Å². The van der Waals surface area contributed by atoms with Crippen LogP contribution in [-0.2, 0) is 4.74 Å². The number of carbonyl (C=O) groups excluding carboxylic acids is 1. The van der Waals surface area contributed by atoms with Gasteiger partial charge in [-0.05, 0) is 72.1 Å². The van der Waals surface area contributed by atoms with Crippen LogP contribution in [0.5, 0.6) is 0 Å². The lowest BCUT2D eigenvalue weighted by Gasteiger charge is -2.15. The molecule has 0 unspecified atom stereocenters. The number of methoxy groups -OCH3 is 1. The summed E-state index contributed by atoms with van der Waals surface area (Å²) >= 11 is 0. The maximum absolute atomic E-state index is 15.3. The van der Waals surface area contributed by atoms with E-state index in [-0.39, 0.29) is 11.8 Å².